The molecule has 19 heavy (non-hydrogen) atoms. The molecule has 0 saturated heterocycles. The molecule has 1 aromatic carbocycles. The Hall–Kier alpha value is -1.20. The van der Waals surface area contributed by atoms with Crippen LogP contribution in [-0.2, 0) is 15.1 Å². The zero-order chi connectivity index (χ0) is 14.6. The standard InChI is InChI=1S/C13H15ClF2O3/c1-3-13(18,8-4-6-9(14)7-5-8)10(11(15)16)12(17)19-2/h4-7,10-11,18H,3H2,1-2H3. The highest BCUT2D eigenvalue weighted by Crippen LogP contribution is 2.38. The van der Waals surface area contributed by atoms with Crippen molar-refractivity contribution >= 4 is 17.6 Å². The number of ether oxygens (including phenoxy) is 1. The lowest BCUT2D eigenvalue weighted by atomic mass is 9.79. The molecule has 0 aliphatic heterocycles. The van der Waals surface area contributed by atoms with Gasteiger partial charge in [-0.1, -0.05) is 30.7 Å². The van der Waals surface area contributed by atoms with Crippen LogP contribution in [0, 0.1) is 5.92 Å². The third kappa shape index (κ3) is 3.22. The Kier molecular flexibility index (Phi) is 5.26. The van der Waals surface area contributed by atoms with Crippen molar-refractivity contribution in [3.8, 4) is 0 Å². The summed E-state index contributed by atoms with van der Waals surface area (Å²) >= 11 is 5.72. The molecule has 0 spiro atoms. The summed E-state index contributed by atoms with van der Waals surface area (Å²) in [7, 11) is 1.01. The number of aliphatic hydroxyl groups is 1. The van der Waals surface area contributed by atoms with Crippen LogP contribution in [0.5, 0.6) is 0 Å². The van der Waals surface area contributed by atoms with Crippen molar-refractivity contribution in [2.45, 2.75) is 25.4 Å². The highest BCUT2D eigenvalue weighted by atomic mass is 35.5. The molecule has 0 radical (unpaired) electrons. The summed E-state index contributed by atoms with van der Waals surface area (Å²) in [5.41, 5.74) is -1.79. The van der Waals surface area contributed by atoms with Crippen LogP contribution < -0.4 is 0 Å². The van der Waals surface area contributed by atoms with E-state index in [0.29, 0.717) is 5.02 Å². The summed E-state index contributed by atoms with van der Waals surface area (Å²) in [6.45, 7) is 1.52. The Morgan fingerprint density at radius 1 is 1.42 bits per heavy atom. The van der Waals surface area contributed by atoms with Gasteiger partial charge in [-0.25, -0.2) is 8.78 Å². The second-order valence-electron chi connectivity index (χ2n) is 4.12. The van der Waals surface area contributed by atoms with Crippen molar-refractivity contribution < 1.29 is 23.4 Å². The maximum Gasteiger partial charge on any atom is 0.317 e. The molecule has 0 heterocycles. The van der Waals surface area contributed by atoms with Crippen molar-refractivity contribution in [2.75, 3.05) is 7.11 Å². The number of halogens is 3. The molecule has 3 nitrogen and oxygen atoms in total. The Balaban J connectivity index is 3.26. The summed E-state index contributed by atoms with van der Waals surface area (Å²) in [4.78, 5) is 11.5. The molecule has 1 rings (SSSR count). The van der Waals surface area contributed by atoms with Gasteiger partial charge < -0.3 is 9.84 Å². The summed E-state index contributed by atoms with van der Waals surface area (Å²) < 4.78 is 30.6. The predicted molar refractivity (Wildman–Crippen MR) is 67.1 cm³/mol. The number of rotatable bonds is 5. The molecule has 6 heteroatoms. The monoisotopic (exact) mass is 292 g/mol. The van der Waals surface area contributed by atoms with E-state index in [1.54, 1.807) is 0 Å². The predicted octanol–water partition coefficient (Wildman–Crippen LogP) is 2.99. The summed E-state index contributed by atoms with van der Waals surface area (Å²) in [5, 5.41) is 10.9. The number of hydrogen-bond acceptors (Lipinski definition) is 3. The molecule has 1 N–H and O–H groups in total. The van der Waals surface area contributed by atoms with E-state index in [9.17, 15) is 18.7 Å². The fraction of sp³-hybridized carbons (Fsp3) is 0.462. The van der Waals surface area contributed by atoms with E-state index in [-0.39, 0.29) is 12.0 Å². The molecule has 2 unspecified atom stereocenters. The number of carbonyl (C=O) groups is 1. The van der Waals surface area contributed by atoms with E-state index in [1.165, 1.54) is 31.2 Å². The molecule has 0 saturated carbocycles. The van der Waals surface area contributed by atoms with Gasteiger partial charge in [-0.05, 0) is 24.1 Å². The smallest absolute Gasteiger partial charge is 0.317 e. The van der Waals surface area contributed by atoms with E-state index in [1.807, 2.05) is 0 Å². The molecule has 0 fully saturated rings. The van der Waals surface area contributed by atoms with Crippen LogP contribution in [0.4, 0.5) is 8.78 Å². The van der Waals surface area contributed by atoms with Crippen molar-refractivity contribution in [3.05, 3.63) is 34.9 Å². The Morgan fingerprint density at radius 3 is 2.32 bits per heavy atom. The van der Waals surface area contributed by atoms with Gasteiger partial charge in [0, 0.05) is 5.02 Å². The first-order chi connectivity index (χ1) is 8.86. The van der Waals surface area contributed by atoms with Gasteiger partial charge in [0.2, 0.25) is 0 Å². The lowest BCUT2D eigenvalue weighted by Crippen LogP contribution is -2.44. The van der Waals surface area contributed by atoms with Crippen LogP contribution >= 0.6 is 11.6 Å². The van der Waals surface area contributed by atoms with Gasteiger partial charge in [0.05, 0.1) is 7.11 Å². The summed E-state index contributed by atoms with van der Waals surface area (Å²) in [6, 6.07) is 5.78. The summed E-state index contributed by atoms with van der Waals surface area (Å²) in [5.74, 6) is -3.09. The number of benzene rings is 1. The maximum atomic E-state index is 13.1. The second-order valence-corrected chi connectivity index (χ2v) is 4.56. The largest absolute Gasteiger partial charge is 0.469 e. The first kappa shape index (κ1) is 15.9. The number of alkyl halides is 2. The molecule has 106 valence electrons. The Bertz CT molecular complexity index is 436. The molecule has 0 bridgehead atoms. The van der Waals surface area contributed by atoms with Crippen LogP contribution in [-0.4, -0.2) is 24.6 Å². The lowest BCUT2D eigenvalue weighted by Gasteiger charge is -2.33. The van der Waals surface area contributed by atoms with Gasteiger partial charge in [0.25, 0.3) is 6.43 Å². The van der Waals surface area contributed by atoms with Gasteiger partial charge >= 0.3 is 5.97 Å². The van der Waals surface area contributed by atoms with Crippen LogP contribution in [0.3, 0.4) is 0 Å². The van der Waals surface area contributed by atoms with E-state index in [2.05, 4.69) is 4.74 Å². The first-order valence-electron chi connectivity index (χ1n) is 5.71. The minimum atomic E-state index is -3.03. The highest BCUT2D eigenvalue weighted by molar-refractivity contribution is 6.30. The van der Waals surface area contributed by atoms with Gasteiger partial charge in [-0.2, -0.15) is 0 Å². The second kappa shape index (κ2) is 6.30. The van der Waals surface area contributed by atoms with Gasteiger partial charge in [-0.3, -0.25) is 4.79 Å². The molecule has 0 aliphatic rings. The van der Waals surface area contributed by atoms with Gasteiger partial charge in [0.15, 0.2) is 5.92 Å². The topological polar surface area (TPSA) is 46.5 Å². The van der Waals surface area contributed by atoms with E-state index in [4.69, 9.17) is 11.6 Å². The third-order valence-electron chi connectivity index (χ3n) is 3.10. The molecular weight excluding hydrogens is 278 g/mol. The molecule has 2 atom stereocenters. The maximum absolute atomic E-state index is 13.1. The average Bonchev–Trinajstić information content (AvgIpc) is 2.38. The number of methoxy groups -OCH3 is 1. The number of hydrogen-bond donors (Lipinski definition) is 1. The van der Waals surface area contributed by atoms with Crippen molar-refractivity contribution in [1.82, 2.24) is 0 Å². The minimum Gasteiger partial charge on any atom is -0.469 e. The number of esters is 1. The molecule has 1 aromatic rings. The Labute approximate surface area is 115 Å². The molecule has 0 aromatic heterocycles. The Morgan fingerprint density at radius 2 is 1.95 bits per heavy atom. The minimum absolute atomic E-state index is 0.0568. The van der Waals surface area contributed by atoms with E-state index >= 15 is 0 Å². The highest BCUT2D eigenvalue weighted by Gasteiger charge is 2.48. The van der Waals surface area contributed by atoms with Crippen LogP contribution in [0.1, 0.15) is 18.9 Å². The zero-order valence-electron chi connectivity index (χ0n) is 10.6. The normalized spacial score (nSPS) is 15.9. The van der Waals surface area contributed by atoms with Gasteiger partial charge in [-0.15, -0.1) is 0 Å². The first-order valence-corrected chi connectivity index (χ1v) is 6.09. The quantitative estimate of drug-likeness (QED) is 0.849. The molecule has 0 amide bonds. The fourth-order valence-corrected chi connectivity index (χ4v) is 2.10. The van der Waals surface area contributed by atoms with Crippen molar-refractivity contribution in [1.29, 1.82) is 0 Å². The third-order valence-corrected chi connectivity index (χ3v) is 3.36. The zero-order valence-corrected chi connectivity index (χ0v) is 11.3. The van der Waals surface area contributed by atoms with E-state index in [0.717, 1.165) is 7.11 Å². The fourth-order valence-electron chi connectivity index (χ4n) is 1.98. The van der Waals surface area contributed by atoms with Crippen LogP contribution in [0.15, 0.2) is 24.3 Å². The SMILES string of the molecule is CCC(O)(c1ccc(Cl)cc1)C(C(=O)OC)C(F)F. The number of carbonyl (C=O) groups excluding carboxylic acids is 1. The lowest BCUT2D eigenvalue weighted by molar-refractivity contribution is -0.170. The van der Waals surface area contributed by atoms with Crippen molar-refractivity contribution in [3.63, 3.8) is 0 Å². The van der Waals surface area contributed by atoms with E-state index < -0.39 is 23.9 Å². The average molecular weight is 293 g/mol. The van der Waals surface area contributed by atoms with Crippen molar-refractivity contribution in [2.24, 2.45) is 5.92 Å². The summed E-state index contributed by atoms with van der Waals surface area (Å²) in [6.07, 6.45) is -3.09. The van der Waals surface area contributed by atoms with Crippen LogP contribution in [0.25, 0.3) is 0 Å². The molecular formula is C13H15ClF2O3. The van der Waals surface area contributed by atoms with Gasteiger partial charge in [0.1, 0.15) is 5.60 Å². The molecule has 0 aliphatic carbocycles. The van der Waals surface area contributed by atoms with Crippen LogP contribution in [0.2, 0.25) is 5.02 Å².